The molecule has 0 bridgehead atoms. The molecule has 2 fully saturated rings. The van der Waals surface area contributed by atoms with Crippen LogP contribution in [0.1, 0.15) is 30.3 Å². The van der Waals surface area contributed by atoms with Crippen LogP contribution in [0.3, 0.4) is 0 Å². The average molecular weight is 224 g/mol. The Morgan fingerprint density at radius 1 is 1.33 bits per heavy atom. The molecule has 2 aliphatic rings. The first-order valence-corrected chi connectivity index (χ1v) is 6.76. The molecule has 0 saturated carbocycles. The van der Waals surface area contributed by atoms with E-state index in [1.807, 2.05) is 17.8 Å². The summed E-state index contributed by atoms with van der Waals surface area (Å²) < 4.78 is 11.3. The van der Waals surface area contributed by atoms with Crippen molar-refractivity contribution in [1.29, 1.82) is 0 Å². The summed E-state index contributed by atoms with van der Waals surface area (Å²) in [4.78, 5) is 0. The highest BCUT2D eigenvalue weighted by molar-refractivity contribution is 7.99. The predicted molar refractivity (Wildman–Crippen MR) is 61.0 cm³/mol. The lowest BCUT2D eigenvalue weighted by Crippen LogP contribution is -2.21. The van der Waals surface area contributed by atoms with Crippen LogP contribution in [-0.2, 0) is 4.74 Å². The monoisotopic (exact) mass is 224 g/mol. The molecule has 2 saturated heterocycles. The van der Waals surface area contributed by atoms with Crippen LogP contribution < -0.4 is 0 Å². The van der Waals surface area contributed by atoms with Crippen molar-refractivity contribution in [3.05, 3.63) is 24.2 Å². The van der Waals surface area contributed by atoms with E-state index >= 15 is 0 Å². The van der Waals surface area contributed by atoms with Gasteiger partial charge in [-0.3, -0.25) is 0 Å². The van der Waals surface area contributed by atoms with Gasteiger partial charge in [0.1, 0.15) is 5.76 Å². The molecule has 3 heteroatoms. The molecule has 0 radical (unpaired) electrons. The first-order chi connectivity index (χ1) is 7.45. The third kappa shape index (κ3) is 1.83. The van der Waals surface area contributed by atoms with Crippen molar-refractivity contribution in [2.75, 3.05) is 12.4 Å². The maximum Gasteiger partial charge on any atom is 0.117 e. The van der Waals surface area contributed by atoms with E-state index in [9.17, 15) is 0 Å². The highest BCUT2D eigenvalue weighted by Crippen LogP contribution is 2.48. The van der Waals surface area contributed by atoms with Crippen LogP contribution in [0.4, 0.5) is 0 Å². The van der Waals surface area contributed by atoms with Crippen molar-refractivity contribution in [1.82, 2.24) is 0 Å². The summed E-state index contributed by atoms with van der Waals surface area (Å²) in [5, 5.41) is 0.531. The van der Waals surface area contributed by atoms with E-state index in [0.717, 1.165) is 12.4 Å². The van der Waals surface area contributed by atoms with Crippen molar-refractivity contribution >= 4 is 11.8 Å². The Morgan fingerprint density at radius 2 is 2.33 bits per heavy atom. The van der Waals surface area contributed by atoms with Gasteiger partial charge in [0, 0.05) is 12.5 Å². The molecule has 3 atom stereocenters. The Labute approximate surface area is 94.4 Å². The number of furan rings is 1. The maximum absolute atomic E-state index is 5.81. The normalized spacial score (nSPS) is 36.1. The fourth-order valence-electron chi connectivity index (χ4n) is 2.67. The average Bonchev–Trinajstić information content (AvgIpc) is 3.01. The zero-order valence-corrected chi connectivity index (χ0v) is 9.54. The molecule has 2 aliphatic heterocycles. The molecular weight excluding hydrogens is 208 g/mol. The number of ether oxygens (including phenoxy) is 1. The lowest BCUT2D eigenvalue weighted by Gasteiger charge is -2.22. The van der Waals surface area contributed by atoms with Gasteiger partial charge < -0.3 is 9.15 Å². The van der Waals surface area contributed by atoms with Gasteiger partial charge >= 0.3 is 0 Å². The third-order valence-corrected chi connectivity index (χ3v) is 4.82. The second-order valence-electron chi connectivity index (χ2n) is 4.31. The van der Waals surface area contributed by atoms with Gasteiger partial charge in [-0.15, -0.1) is 0 Å². The third-order valence-electron chi connectivity index (χ3n) is 3.40. The summed E-state index contributed by atoms with van der Waals surface area (Å²) in [7, 11) is 0. The minimum atomic E-state index is 0.482. The van der Waals surface area contributed by atoms with Crippen LogP contribution in [-0.4, -0.2) is 18.5 Å². The maximum atomic E-state index is 5.81. The summed E-state index contributed by atoms with van der Waals surface area (Å²) in [6, 6.07) is 4.09. The van der Waals surface area contributed by atoms with Gasteiger partial charge in [-0.1, -0.05) is 0 Å². The van der Waals surface area contributed by atoms with Gasteiger partial charge in [0.05, 0.1) is 17.6 Å². The lowest BCUT2D eigenvalue weighted by molar-refractivity contribution is 0.0612. The van der Waals surface area contributed by atoms with Gasteiger partial charge in [-0.25, -0.2) is 0 Å². The van der Waals surface area contributed by atoms with Gasteiger partial charge in [-0.05, 0) is 37.1 Å². The molecule has 82 valence electrons. The summed E-state index contributed by atoms with van der Waals surface area (Å²) >= 11 is 2.02. The smallest absolute Gasteiger partial charge is 0.117 e. The molecule has 0 spiro atoms. The van der Waals surface area contributed by atoms with Crippen molar-refractivity contribution < 1.29 is 9.15 Å². The van der Waals surface area contributed by atoms with E-state index in [-0.39, 0.29) is 0 Å². The van der Waals surface area contributed by atoms with E-state index in [2.05, 4.69) is 6.07 Å². The zero-order valence-electron chi connectivity index (χ0n) is 8.72. The Bertz CT molecular complexity index is 303. The summed E-state index contributed by atoms with van der Waals surface area (Å²) in [5.41, 5.74) is 0. The van der Waals surface area contributed by atoms with Crippen LogP contribution in [0.2, 0.25) is 0 Å². The first-order valence-electron chi connectivity index (χ1n) is 5.72. The second kappa shape index (κ2) is 4.22. The minimum Gasteiger partial charge on any atom is -0.468 e. The van der Waals surface area contributed by atoms with Crippen molar-refractivity contribution in [2.24, 2.45) is 5.92 Å². The Morgan fingerprint density at radius 3 is 3.07 bits per heavy atom. The Balaban J connectivity index is 1.77. The second-order valence-corrected chi connectivity index (χ2v) is 5.56. The van der Waals surface area contributed by atoms with Crippen LogP contribution in [0.25, 0.3) is 0 Å². The molecule has 3 rings (SSSR count). The first kappa shape index (κ1) is 9.79. The Kier molecular flexibility index (Phi) is 2.76. The molecule has 0 aliphatic carbocycles. The molecule has 15 heavy (non-hydrogen) atoms. The Hall–Kier alpha value is -0.410. The highest BCUT2D eigenvalue weighted by atomic mass is 32.2. The molecular formula is C12H16O2S. The van der Waals surface area contributed by atoms with Crippen molar-refractivity contribution in [3.63, 3.8) is 0 Å². The summed E-state index contributed by atoms with van der Waals surface area (Å²) in [5.74, 6) is 3.05. The van der Waals surface area contributed by atoms with Crippen LogP contribution in [0.15, 0.2) is 22.8 Å². The standard InChI is InChI=1S/C12H16O2S/c1-3-10(13-6-1)9-5-8-15-12(9)11-4-2-7-14-11/h2,4,7,9-10,12H,1,3,5-6,8H2. The fraction of sp³-hybridized carbons (Fsp3) is 0.667. The molecule has 2 nitrogen and oxygen atoms in total. The molecule has 1 aromatic rings. The fourth-order valence-corrected chi connectivity index (χ4v) is 4.19. The summed E-state index contributed by atoms with van der Waals surface area (Å²) in [6.07, 6.45) is 6.01. The predicted octanol–water partition coefficient (Wildman–Crippen LogP) is 3.25. The molecule has 3 heterocycles. The molecule has 3 unspecified atom stereocenters. The van der Waals surface area contributed by atoms with E-state index in [4.69, 9.17) is 9.15 Å². The van der Waals surface area contributed by atoms with Crippen LogP contribution in [0, 0.1) is 5.92 Å². The quantitative estimate of drug-likeness (QED) is 0.770. The van der Waals surface area contributed by atoms with Gasteiger partial charge in [0.25, 0.3) is 0 Å². The van der Waals surface area contributed by atoms with Crippen LogP contribution in [0.5, 0.6) is 0 Å². The zero-order chi connectivity index (χ0) is 10.1. The van der Waals surface area contributed by atoms with Gasteiger partial charge in [0.2, 0.25) is 0 Å². The van der Waals surface area contributed by atoms with Crippen molar-refractivity contribution in [3.8, 4) is 0 Å². The van der Waals surface area contributed by atoms with Gasteiger partial charge in [0.15, 0.2) is 0 Å². The van der Waals surface area contributed by atoms with Crippen molar-refractivity contribution in [2.45, 2.75) is 30.6 Å². The van der Waals surface area contributed by atoms with E-state index in [1.165, 1.54) is 25.0 Å². The van der Waals surface area contributed by atoms with E-state index < -0.39 is 0 Å². The lowest BCUT2D eigenvalue weighted by atomic mass is 9.92. The van der Waals surface area contributed by atoms with Gasteiger partial charge in [-0.2, -0.15) is 11.8 Å². The highest BCUT2D eigenvalue weighted by Gasteiger charge is 2.38. The largest absolute Gasteiger partial charge is 0.468 e. The molecule has 0 amide bonds. The topological polar surface area (TPSA) is 22.4 Å². The van der Waals surface area contributed by atoms with Crippen LogP contribution >= 0.6 is 11.8 Å². The SMILES string of the molecule is c1coc(C2SCCC2C2CCCO2)c1. The van der Waals surface area contributed by atoms with E-state index in [0.29, 0.717) is 17.3 Å². The number of thioether (sulfide) groups is 1. The molecule has 1 aromatic heterocycles. The minimum absolute atomic E-state index is 0.482. The summed E-state index contributed by atoms with van der Waals surface area (Å²) in [6.45, 7) is 0.955. The number of hydrogen-bond acceptors (Lipinski definition) is 3. The van der Waals surface area contributed by atoms with E-state index in [1.54, 1.807) is 6.26 Å². The number of hydrogen-bond donors (Lipinski definition) is 0. The molecule has 0 N–H and O–H groups in total. The number of rotatable bonds is 2. The molecule has 0 aromatic carbocycles.